The summed E-state index contributed by atoms with van der Waals surface area (Å²) in [6, 6.07) is -0.241. The monoisotopic (exact) mass is 230 g/mol. The van der Waals surface area contributed by atoms with Crippen molar-refractivity contribution in [2.45, 2.75) is 18.9 Å². The molecule has 1 fully saturated rings. The van der Waals surface area contributed by atoms with E-state index in [1.165, 1.54) is 4.90 Å². The van der Waals surface area contributed by atoms with E-state index in [2.05, 4.69) is 0 Å². The average molecular weight is 230 g/mol. The molecular weight excluding hydrogens is 212 g/mol. The summed E-state index contributed by atoms with van der Waals surface area (Å²) in [5.74, 6) is -1.19. The summed E-state index contributed by atoms with van der Waals surface area (Å²) in [7, 11) is 1.66. The third kappa shape index (κ3) is 3.46. The van der Waals surface area contributed by atoms with E-state index in [1.807, 2.05) is 0 Å². The van der Waals surface area contributed by atoms with Gasteiger partial charge in [0.25, 0.3) is 0 Å². The van der Waals surface area contributed by atoms with Gasteiger partial charge in [0.15, 0.2) is 0 Å². The smallest absolute Gasteiger partial charge is 0.303 e. The molecule has 2 atom stereocenters. The quantitative estimate of drug-likeness (QED) is 0.650. The van der Waals surface area contributed by atoms with E-state index in [-0.39, 0.29) is 24.3 Å². The standard InChI is InChI=1S/C10H18N2O4/c1-12(4-2-3-9(13)14)10(15)7-5-16-6-8(7)11/h7-8H,2-6,11H2,1H3,(H,13,14). The van der Waals surface area contributed by atoms with Crippen LogP contribution in [0.15, 0.2) is 0 Å². The molecule has 0 aliphatic carbocycles. The molecule has 6 heteroatoms. The van der Waals surface area contributed by atoms with E-state index in [1.54, 1.807) is 7.05 Å². The maximum Gasteiger partial charge on any atom is 0.303 e. The summed E-state index contributed by atoms with van der Waals surface area (Å²) in [6.07, 6.45) is 0.533. The third-order valence-corrected chi connectivity index (χ3v) is 2.70. The zero-order valence-corrected chi connectivity index (χ0v) is 9.39. The molecule has 1 aliphatic rings. The number of aliphatic carboxylic acids is 1. The Morgan fingerprint density at radius 2 is 2.19 bits per heavy atom. The lowest BCUT2D eigenvalue weighted by atomic mass is 10.0. The van der Waals surface area contributed by atoms with Crippen LogP contribution in [0.1, 0.15) is 12.8 Å². The summed E-state index contributed by atoms with van der Waals surface area (Å²) in [6.45, 7) is 1.22. The van der Waals surface area contributed by atoms with Crippen LogP contribution in [-0.4, -0.2) is 54.7 Å². The van der Waals surface area contributed by atoms with Gasteiger partial charge in [-0.15, -0.1) is 0 Å². The molecule has 3 N–H and O–H groups in total. The van der Waals surface area contributed by atoms with Gasteiger partial charge in [0.2, 0.25) is 5.91 Å². The fourth-order valence-electron chi connectivity index (χ4n) is 1.69. The number of ether oxygens (including phenoxy) is 1. The van der Waals surface area contributed by atoms with Crippen molar-refractivity contribution in [2.75, 3.05) is 26.8 Å². The molecule has 1 aliphatic heterocycles. The molecule has 0 aromatic heterocycles. The molecule has 1 heterocycles. The van der Waals surface area contributed by atoms with Crippen molar-refractivity contribution in [3.05, 3.63) is 0 Å². The second-order valence-corrected chi connectivity index (χ2v) is 4.06. The summed E-state index contributed by atoms with van der Waals surface area (Å²) in [5, 5.41) is 8.48. The van der Waals surface area contributed by atoms with Crippen molar-refractivity contribution in [3.63, 3.8) is 0 Å². The zero-order valence-electron chi connectivity index (χ0n) is 9.39. The molecule has 0 bridgehead atoms. The van der Waals surface area contributed by atoms with E-state index in [9.17, 15) is 9.59 Å². The number of carboxylic acid groups (broad SMARTS) is 1. The van der Waals surface area contributed by atoms with Gasteiger partial charge in [-0.25, -0.2) is 0 Å². The lowest BCUT2D eigenvalue weighted by molar-refractivity contribution is -0.138. The number of hydrogen-bond donors (Lipinski definition) is 2. The van der Waals surface area contributed by atoms with Gasteiger partial charge in [0.1, 0.15) is 0 Å². The van der Waals surface area contributed by atoms with Gasteiger partial charge in [-0.05, 0) is 6.42 Å². The van der Waals surface area contributed by atoms with Crippen LogP contribution in [0.4, 0.5) is 0 Å². The minimum atomic E-state index is -0.846. The number of hydrogen-bond acceptors (Lipinski definition) is 4. The Kier molecular flexibility index (Phi) is 4.70. The van der Waals surface area contributed by atoms with E-state index >= 15 is 0 Å². The Hall–Kier alpha value is -1.14. The Morgan fingerprint density at radius 1 is 1.50 bits per heavy atom. The first-order valence-electron chi connectivity index (χ1n) is 5.32. The number of carboxylic acids is 1. The van der Waals surface area contributed by atoms with Crippen LogP contribution in [0.3, 0.4) is 0 Å². The molecule has 16 heavy (non-hydrogen) atoms. The first-order chi connectivity index (χ1) is 7.52. The van der Waals surface area contributed by atoms with Crippen LogP contribution in [-0.2, 0) is 14.3 Å². The molecular formula is C10H18N2O4. The molecule has 2 unspecified atom stereocenters. The van der Waals surface area contributed by atoms with E-state index in [0.717, 1.165) is 0 Å². The number of rotatable bonds is 5. The fraction of sp³-hybridized carbons (Fsp3) is 0.800. The van der Waals surface area contributed by atoms with Crippen LogP contribution in [0, 0.1) is 5.92 Å². The number of carbonyl (C=O) groups is 2. The highest BCUT2D eigenvalue weighted by atomic mass is 16.5. The Balaban J connectivity index is 2.32. The second-order valence-electron chi connectivity index (χ2n) is 4.06. The number of amides is 1. The van der Waals surface area contributed by atoms with E-state index in [4.69, 9.17) is 15.6 Å². The fourth-order valence-corrected chi connectivity index (χ4v) is 1.69. The molecule has 6 nitrogen and oxygen atoms in total. The lowest BCUT2D eigenvalue weighted by Gasteiger charge is -2.21. The Bertz CT molecular complexity index is 270. The van der Waals surface area contributed by atoms with Gasteiger partial charge < -0.3 is 20.5 Å². The maximum absolute atomic E-state index is 11.8. The summed E-state index contributed by atoms with van der Waals surface area (Å²) in [5.41, 5.74) is 5.73. The predicted molar refractivity (Wildman–Crippen MR) is 56.8 cm³/mol. The van der Waals surface area contributed by atoms with Crippen molar-refractivity contribution in [1.29, 1.82) is 0 Å². The Morgan fingerprint density at radius 3 is 2.69 bits per heavy atom. The van der Waals surface area contributed by atoms with Crippen LogP contribution < -0.4 is 5.73 Å². The largest absolute Gasteiger partial charge is 0.481 e. The van der Waals surface area contributed by atoms with Gasteiger partial charge in [0, 0.05) is 26.1 Å². The molecule has 1 saturated heterocycles. The average Bonchev–Trinajstić information content (AvgIpc) is 2.62. The van der Waals surface area contributed by atoms with Crippen LogP contribution >= 0.6 is 0 Å². The highest BCUT2D eigenvalue weighted by molar-refractivity contribution is 5.79. The van der Waals surface area contributed by atoms with Gasteiger partial charge in [-0.2, -0.15) is 0 Å². The zero-order chi connectivity index (χ0) is 12.1. The van der Waals surface area contributed by atoms with Gasteiger partial charge >= 0.3 is 5.97 Å². The van der Waals surface area contributed by atoms with E-state index < -0.39 is 5.97 Å². The minimum Gasteiger partial charge on any atom is -0.481 e. The molecule has 0 aromatic carbocycles. The molecule has 1 amide bonds. The minimum absolute atomic E-state index is 0.0598. The van der Waals surface area contributed by atoms with Crippen molar-refractivity contribution >= 4 is 11.9 Å². The first kappa shape index (κ1) is 12.9. The van der Waals surface area contributed by atoms with Crippen LogP contribution in [0.2, 0.25) is 0 Å². The van der Waals surface area contributed by atoms with Crippen LogP contribution in [0.5, 0.6) is 0 Å². The van der Waals surface area contributed by atoms with Crippen LogP contribution in [0.25, 0.3) is 0 Å². The number of nitrogens with two attached hydrogens (primary N) is 1. The second kappa shape index (κ2) is 5.81. The highest BCUT2D eigenvalue weighted by Crippen LogP contribution is 2.14. The van der Waals surface area contributed by atoms with Gasteiger partial charge in [0.05, 0.1) is 19.1 Å². The first-order valence-corrected chi connectivity index (χ1v) is 5.32. The van der Waals surface area contributed by atoms with Crippen molar-refractivity contribution < 1.29 is 19.4 Å². The molecule has 0 radical (unpaired) electrons. The Labute approximate surface area is 94.3 Å². The highest BCUT2D eigenvalue weighted by Gasteiger charge is 2.32. The normalized spacial score (nSPS) is 24.4. The molecule has 0 saturated carbocycles. The molecule has 0 spiro atoms. The number of carbonyl (C=O) groups excluding carboxylic acids is 1. The van der Waals surface area contributed by atoms with Gasteiger partial charge in [-0.1, -0.05) is 0 Å². The topological polar surface area (TPSA) is 92.9 Å². The van der Waals surface area contributed by atoms with Crippen molar-refractivity contribution in [3.8, 4) is 0 Å². The predicted octanol–water partition coefficient (Wildman–Crippen LogP) is -0.717. The number of nitrogens with zero attached hydrogens (tertiary/aromatic N) is 1. The molecule has 92 valence electrons. The molecule has 1 rings (SSSR count). The van der Waals surface area contributed by atoms with Gasteiger partial charge in [-0.3, -0.25) is 9.59 Å². The SMILES string of the molecule is CN(CCCC(=O)O)C(=O)C1COCC1N. The summed E-state index contributed by atoms with van der Waals surface area (Å²) < 4.78 is 5.12. The summed E-state index contributed by atoms with van der Waals surface area (Å²) in [4.78, 5) is 23.7. The van der Waals surface area contributed by atoms with Crippen molar-refractivity contribution in [1.82, 2.24) is 4.90 Å². The molecule has 0 aromatic rings. The maximum atomic E-state index is 11.8. The van der Waals surface area contributed by atoms with Crippen molar-refractivity contribution in [2.24, 2.45) is 11.7 Å². The summed E-state index contributed by atoms with van der Waals surface area (Å²) >= 11 is 0. The lowest BCUT2D eigenvalue weighted by Crippen LogP contribution is -2.42. The third-order valence-electron chi connectivity index (χ3n) is 2.70. The van der Waals surface area contributed by atoms with E-state index in [0.29, 0.717) is 26.2 Å².